The van der Waals surface area contributed by atoms with Gasteiger partial charge in [0.15, 0.2) is 0 Å². The molecule has 1 aromatic rings. The number of hydrogen-bond acceptors (Lipinski definition) is 4. The molecule has 0 radical (unpaired) electrons. The number of carboxylic acid groups (broad SMARTS) is 2. The minimum atomic E-state index is -1.41. The molecule has 0 bridgehead atoms. The summed E-state index contributed by atoms with van der Waals surface area (Å²) in [6.45, 7) is 0. The molecule has 7 nitrogen and oxygen atoms in total. The van der Waals surface area contributed by atoms with Crippen LogP contribution in [0.3, 0.4) is 0 Å². The van der Waals surface area contributed by atoms with Gasteiger partial charge in [-0.3, -0.25) is 14.6 Å². The number of carboxylic acids is 2. The quantitative estimate of drug-likeness (QED) is 0.642. The van der Waals surface area contributed by atoms with Crippen LogP contribution in [0.15, 0.2) is 24.4 Å². The first-order valence-corrected chi connectivity index (χ1v) is 5.63. The van der Waals surface area contributed by atoms with Crippen molar-refractivity contribution >= 4 is 17.8 Å². The molecular formula is C12H14N2O5. The predicted octanol–water partition coefficient (Wildman–Crippen LogP) is 0.0583. The van der Waals surface area contributed by atoms with E-state index in [2.05, 4.69) is 10.3 Å². The van der Waals surface area contributed by atoms with E-state index in [9.17, 15) is 14.4 Å². The SMILES string of the molecule is O=C(O)C[C@H](NC(=O)CCc1ccccn1)C(=O)O. The maximum absolute atomic E-state index is 11.5. The number of hydrogen-bond donors (Lipinski definition) is 3. The first-order chi connectivity index (χ1) is 8.99. The second-order valence-electron chi connectivity index (χ2n) is 3.88. The Balaban J connectivity index is 2.45. The van der Waals surface area contributed by atoms with Crippen molar-refractivity contribution in [2.24, 2.45) is 0 Å². The highest BCUT2D eigenvalue weighted by Gasteiger charge is 2.22. The van der Waals surface area contributed by atoms with Gasteiger partial charge < -0.3 is 15.5 Å². The summed E-state index contributed by atoms with van der Waals surface area (Å²) >= 11 is 0. The van der Waals surface area contributed by atoms with Crippen molar-refractivity contribution < 1.29 is 24.6 Å². The fourth-order valence-electron chi connectivity index (χ4n) is 1.43. The number of aliphatic carboxylic acids is 2. The van der Waals surface area contributed by atoms with E-state index in [4.69, 9.17) is 10.2 Å². The number of aryl methyl sites for hydroxylation is 1. The first kappa shape index (κ1) is 14.6. The number of carbonyl (C=O) groups is 3. The van der Waals surface area contributed by atoms with Crippen LogP contribution in [0.25, 0.3) is 0 Å². The summed E-state index contributed by atoms with van der Waals surface area (Å²) in [7, 11) is 0. The van der Waals surface area contributed by atoms with Crippen LogP contribution in [-0.2, 0) is 20.8 Å². The van der Waals surface area contributed by atoms with E-state index < -0.39 is 30.3 Å². The second kappa shape index (κ2) is 7.10. The Hall–Kier alpha value is -2.44. The van der Waals surface area contributed by atoms with Crippen molar-refractivity contribution in [1.82, 2.24) is 10.3 Å². The molecule has 0 aliphatic rings. The van der Waals surface area contributed by atoms with Crippen molar-refractivity contribution in [2.45, 2.75) is 25.3 Å². The van der Waals surface area contributed by atoms with Gasteiger partial charge in [-0.1, -0.05) is 6.07 Å². The molecule has 1 aromatic heterocycles. The summed E-state index contributed by atoms with van der Waals surface area (Å²) in [6.07, 6.45) is 1.37. The molecule has 1 amide bonds. The largest absolute Gasteiger partial charge is 0.481 e. The van der Waals surface area contributed by atoms with E-state index in [1.54, 1.807) is 24.4 Å². The highest BCUT2D eigenvalue weighted by molar-refractivity contribution is 5.86. The molecule has 3 N–H and O–H groups in total. The zero-order chi connectivity index (χ0) is 14.3. The van der Waals surface area contributed by atoms with Gasteiger partial charge in [-0.2, -0.15) is 0 Å². The molecular weight excluding hydrogens is 252 g/mol. The highest BCUT2D eigenvalue weighted by Crippen LogP contribution is 2.00. The predicted molar refractivity (Wildman–Crippen MR) is 64.4 cm³/mol. The van der Waals surface area contributed by atoms with Crippen LogP contribution >= 0.6 is 0 Å². The lowest BCUT2D eigenvalue weighted by Gasteiger charge is -2.12. The second-order valence-corrected chi connectivity index (χ2v) is 3.88. The van der Waals surface area contributed by atoms with Crippen LogP contribution in [0.1, 0.15) is 18.5 Å². The molecule has 0 saturated heterocycles. The molecule has 19 heavy (non-hydrogen) atoms. The third-order valence-electron chi connectivity index (χ3n) is 2.35. The molecule has 0 spiro atoms. The minimum absolute atomic E-state index is 0.0560. The highest BCUT2D eigenvalue weighted by atomic mass is 16.4. The molecule has 0 aliphatic heterocycles. The van der Waals surface area contributed by atoms with Gasteiger partial charge in [0.2, 0.25) is 5.91 Å². The number of rotatable bonds is 7. The van der Waals surface area contributed by atoms with E-state index in [0.29, 0.717) is 12.1 Å². The molecule has 1 rings (SSSR count). The van der Waals surface area contributed by atoms with Crippen molar-refractivity contribution in [3.05, 3.63) is 30.1 Å². The van der Waals surface area contributed by atoms with Crippen molar-refractivity contribution in [3.8, 4) is 0 Å². The maximum Gasteiger partial charge on any atom is 0.326 e. The summed E-state index contributed by atoms with van der Waals surface area (Å²) in [5, 5.41) is 19.5. The lowest BCUT2D eigenvalue weighted by molar-refractivity contribution is -0.147. The average molecular weight is 266 g/mol. The summed E-state index contributed by atoms with van der Waals surface area (Å²) < 4.78 is 0. The van der Waals surface area contributed by atoms with Gasteiger partial charge in [-0.05, 0) is 18.6 Å². The van der Waals surface area contributed by atoms with Crippen LogP contribution in [0.5, 0.6) is 0 Å². The topological polar surface area (TPSA) is 117 Å². The van der Waals surface area contributed by atoms with E-state index in [-0.39, 0.29) is 6.42 Å². The lowest BCUT2D eigenvalue weighted by atomic mass is 10.1. The van der Waals surface area contributed by atoms with Crippen LogP contribution in [0.2, 0.25) is 0 Å². The Kier molecular flexibility index (Phi) is 5.46. The fraction of sp³-hybridized carbons (Fsp3) is 0.333. The number of nitrogens with one attached hydrogen (secondary N) is 1. The summed E-state index contributed by atoms with van der Waals surface area (Å²) in [5.74, 6) is -3.16. The summed E-state index contributed by atoms with van der Waals surface area (Å²) in [4.78, 5) is 36.7. The number of aromatic nitrogens is 1. The average Bonchev–Trinajstić information content (AvgIpc) is 2.36. The van der Waals surface area contributed by atoms with Crippen LogP contribution in [0, 0.1) is 0 Å². The molecule has 0 unspecified atom stereocenters. The van der Waals surface area contributed by atoms with Gasteiger partial charge in [0, 0.05) is 18.3 Å². The molecule has 0 aromatic carbocycles. The Labute approximate surface area is 109 Å². The standard InChI is InChI=1S/C12H14N2O5/c15-10(5-4-8-3-1-2-6-13-8)14-9(12(18)19)7-11(16)17/h1-3,6,9H,4-5,7H2,(H,14,15)(H,16,17)(H,18,19)/t9-/m0/s1. The number of pyridine rings is 1. The van der Waals surface area contributed by atoms with Crippen molar-refractivity contribution in [2.75, 3.05) is 0 Å². The van der Waals surface area contributed by atoms with Crippen LogP contribution < -0.4 is 5.32 Å². The van der Waals surface area contributed by atoms with Gasteiger partial charge in [0.25, 0.3) is 0 Å². The fourth-order valence-corrected chi connectivity index (χ4v) is 1.43. The Morgan fingerprint density at radius 2 is 2.00 bits per heavy atom. The van der Waals surface area contributed by atoms with Gasteiger partial charge in [0.1, 0.15) is 6.04 Å². The number of nitrogens with zero attached hydrogens (tertiary/aromatic N) is 1. The molecule has 0 fully saturated rings. The Morgan fingerprint density at radius 1 is 1.26 bits per heavy atom. The van der Waals surface area contributed by atoms with Crippen molar-refractivity contribution in [1.29, 1.82) is 0 Å². The number of amides is 1. The molecule has 0 aliphatic carbocycles. The van der Waals surface area contributed by atoms with Gasteiger partial charge >= 0.3 is 11.9 Å². The van der Waals surface area contributed by atoms with Crippen LogP contribution in [-0.4, -0.2) is 39.1 Å². The minimum Gasteiger partial charge on any atom is -0.481 e. The Bertz CT molecular complexity index is 460. The normalized spacial score (nSPS) is 11.6. The van der Waals surface area contributed by atoms with E-state index in [1.807, 2.05) is 0 Å². The third kappa shape index (κ3) is 5.62. The van der Waals surface area contributed by atoms with E-state index in [1.165, 1.54) is 0 Å². The summed E-state index contributed by atoms with van der Waals surface area (Å²) in [5.41, 5.74) is 0.711. The van der Waals surface area contributed by atoms with E-state index in [0.717, 1.165) is 0 Å². The maximum atomic E-state index is 11.5. The zero-order valence-corrected chi connectivity index (χ0v) is 10.1. The van der Waals surface area contributed by atoms with Gasteiger partial charge in [0.05, 0.1) is 6.42 Å². The van der Waals surface area contributed by atoms with Crippen LogP contribution in [0.4, 0.5) is 0 Å². The smallest absolute Gasteiger partial charge is 0.326 e. The van der Waals surface area contributed by atoms with Gasteiger partial charge in [-0.25, -0.2) is 4.79 Å². The Morgan fingerprint density at radius 3 is 2.53 bits per heavy atom. The molecule has 0 saturated carbocycles. The zero-order valence-electron chi connectivity index (χ0n) is 10.1. The summed E-state index contributed by atoms with van der Waals surface area (Å²) in [6, 6.07) is 3.87. The monoisotopic (exact) mass is 266 g/mol. The molecule has 1 heterocycles. The molecule has 7 heteroatoms. The number of carbonyl (C=O) groups excluding carboxylic acids is 1. The molecule has 1 atom stereocenters. The van der Waals surface area contributed by atoms with E-state index >= 15 is 0 Å². The third-order valence-corrected chi connectivity index (χ3v) is 2.35. The van der Waals surface area contributed by atoms with Gasteiger partial charge in [-0.15, -0.1) is 0 Å². The van der Waals surface area contributed by atoms with Crippen molar-refractivity contribution in [3.63, 3.8) is 0 Å². The molecule has 102 valence electrons. The lowest BCUT2D eigenvalue weighted by Crippen LogP contribution is -2.42. The first-order valence-electron chi connectivity index (χ1n) is 5.63.